The number of aliphatic imine (C=N–C) groups is 1. The molecule has 29 heavy (non-hydrogen) atoms. The lowest BCUT2D eigenvalue weighted by Gasteiger charge is -2.24. The first-order valence-corrected chi connectivity index (χ1v) is 11.3. The van der Waals surface area contributed by atoms with E-state index in [9.17, 15) is 4.79 Å². The smallest absolute Gasteiger partial charge is 0.225 e. The van der Waals surface area contributed by atoms with Crippen LogP contribution in [0.1, 0.15) is 51.9 Å². The molecule has 168 valence electrons. The number of carbonyl (C=O) groups excluding carboxylic acids is 1. The zero-order chi connectivity index (χ0) is 19.8. The molecule has 1 aliphatic carbocycles. The number of nitrogens with one attached hydrogen (secondary N) is 2. The van der Waals surface area contributed by atoms with Gasteiger partial charge < -0.3 is 20.3 Å². The molecule has 0 aromatic heterocycles. The van der Waals surface area contributed by atoms with E-state index in [0.717, 1.165) is 71.1 Å². The van der Waals surface area contributed by atoms with Crippen LogP contribution in [0.25, 0.3) is 0 Å². The second-order valence-electron chi connectivity index (χ2n) is 8.44. The minimum Gasteiger partial charge on any atom is -0.383 e. The molecule has 0 bridgehead atoms. The average Bonchev–Trinajstić information content (AvgIpc) is 3.46. The summed E-state index contributed by atoms with van der Waals surface area (Å²) >= 11 is 0. The standard InChI is InChI=1S/C21H39N5O2.HI/c1-3-22-21(23-15-19-9-6-11-25(19)13-14-28-2)24-18-10-12-26(16-18)20(27)17-7-4-5-8-17;/h17-19H,3-16H2,1-2H3,(H2,22,23,24);1H. The Balaban J connectivity index is 0.00000300. The molecule has 2 saturated heterocycles. The largest absolute Gasteiger partial charge is 0.383 e. The fourth-order valence-corrected chi connectivity index (χ4v) is 4.82. The van der Waals surface area contributed by atoms with Gasteiger partial charge in [0.1, 0.15) is 0 Å². The van der Waals surface area contributed by atoms with Crippen molar-refractivity contribution >= 4 is 35.8 Å². The van der Waals surface area contributed by atoms with Crippen molar-refractivity contribution < 1.29 is 9.53 Å². The van der Waals surface area contributed by atoms with Crippen LogP contribution in [0.5, 0.6) is 0 Å². The molecule has 7 nitrogen and oxygen atoms in total. The fourth-order valence-electron chi connectivity index (χ4n) is 4.82. The highest BCUT2D eigenvalue weighted by Gasteiger charge is 2.32. The minimum atomic E-state index is 0. The van der Waals surface area contributed by atoms with E-state index in [4.69, 9.17) is 9.73 Å². The molecule has 0 aromatic carbocycles. The Kier molecular flexibility index (Phi) is 11.0. The molecule has 1 saturated carbocycles. The van der Waals surface area contributed by atoms with Gasteiger partial charge in [0.15, 0.2) is 5.96 Å². The number of carbonyl (C=O) groups is 1. The van der Waals surface area contributed by atoms with Crippen LogP contribution in [0.4, 0.5) is 0 Å². The van der Waals surface area contributed by atoms with Gasteiger partial charge in [-0.25, -0.2) is 0 Å². The van der Waals surface area contributed by atoms with E-state index in [1.807, 2.05) is 0 Å². The maximum Gasteiger partial charge on any atom is 0.225 e. The zero-order valence-corrected chi connectivity index (χ0v) is 20.5. The van der Waals surface area contributed by atoms with Crippen LogP contribution < -0.4 is 10.6 Å². The van der Waals surface area contributed by atoms with Gasteiger partial charge in [-0.3, -0.25) is 14.7 Å². The fraction of sp³-hybridized carbons (Fsp3) is 0.905. The molecule has 2 atom stereocenters. The number of methoxy groups -OCH3 is 1. The molecular weight excluding hydrogens is 481 g/mol. The number of amides is 1. The Bertz CT molecular complexity index is 527. The van der Waals surface area contributed by atoms with Crippen LogP contribution in [-0.2, 0) is 9.53 Å². The maximum absolute atomic E-state index is 12.7. The first-order valence-electron chi connectivity index (χ1n) is 11.3. The van der Waals surface area contributed by atoms with Crippen LogP contribution >= 0.6 is 24.0 Å². The van der Waals surface area contributed by atoms with Crippen molar-refractivity contribution in [1.82, 2.24) is 20.4 Å². The molecule has 0 radical (unpaired) electrons. The third-order valence-electron chi connectivity index (χ3n) is 6.43. The zero-order valence-electron chi connectivity index (χ0n) is 18.2. The van der Waals surface area contributed by atoms with E-state index >= 15 is 0 Å². The first kappa shape index (κ1) is 24.7. The minimum absolute atomic E-state index is 0. The summed E-state index contributed by atoms with van der Waals surface area (Å²) in [5.41, 5.74) is 0. The third-order valence-corrected chi connectivity index (χ3v) is 6.43. The number of hydrogen-bond acceptors (Lipinski definition) is 4. The highest BCUT2D eigenvalue weighted by Crippen LogP contribution is 2.27. The van der Waals surface area contributed by atoms with Crippen LogP contribution in [0.3, 0.4) is 0 Å². The summed E-state index contributed by atoms with van der Waals surface area (Å²) in [6, 6.07) is 0.811. The van der Waals surface area contributed by atoms with Crippen molar-refractivity contribution in [2.24, 2.45) is 10.9 Å². The maximum atomic E-state index is 12.7. The number of nitrogens with zero attached hydrogens (tertiary/aromatic N) is 3. The van der Waals surface area contributed by atoms with E-state index in [2.05, 4.69) is 27.4 Å². The SMILES string of the molecule is CCNC(=NCC1CCCN1CCOC)NC1CCN(C(=O)C2CCCC2)C1.I. The Morgan fingerprint density at radius 3 is 2.66 bits per heavy atom. The van der Waals surface area contributed by atoms with Crippen LogP contribution in [0.2, 0.25) is 0 Å². The van der Waals surface area contributed by atoms with Crippen molar-refractivity contribution in [1.29, 1.82) is 0 Å². The molecule has 3 rings (SSSR count). The molecule has 0 aromatic rings. The lowest BCUT2D eigenvalue weighted by molar-refractivity contribution is -0.134. The van der Waals surface area contributed by atoms with Gasteiger partial charge in [0.05, 0.1) is 13.2 Å². The van der Waals surface area contributed by atoms with Gasteiger partial charge in [0.2, 0.25) is 5.91 Å². The molecule has 2 aliphatic heterocycles. The first-order chi connectivity index (χ1) is 13.7. The van der Waals surface area contributed by atoms with Crippen LogP contribution in [0.15, 0.2) is 4.99 Å². The lowest BCUT2D eigenvalue weighted by atomic mass is 10.1. The van der Waals surface area contributed by atoms with E-state index in [0.29, 0.717) is 18.0 Å². The van der Waals surface area contributed by atoms with Gasteiger partial charge >= 0.3 is 0 Å². The second kappa shape index (κ2) is 12.9. The monoisotopic (exact) mass is 521 g/mol. The van der Waals surface area contributed by atoms with Crippen LogP contribution in [0, 0.1) is 5.92 Å². The molecule has 3 fully saturated rings. The van der Waals surface area contributed by atoms with Crippen molar-refractivity contribution in [3.8, 4) is 0 Å². The average molecular weight is 521 g/mol. The van der Waals surface area contributed by atoms with Gasteiger partial charge in [-0.1, -0.05) is 12.8 Å². The summed E-state index contributed by atoms with van der Waals surface area (Å²) in [5, 5.41) is 6.96. The number of ether oxygens (including phenoxy) is 1. The predicted octanol–water partition coefficient (Wildman–Crippen LogP) is 2.06. The van der Waals surface area contributed by atoms with Gasteiger partial charge in [-0.2, -0.15) is 0 Å². The molecule has 8 heteroatoms. The molecule has 1 amide bonds. The van der Waals surface area contributed by atoms with Gasteiger partial charge in [-0.15, -0.1) is 24.0 Å². The molecule has 3 aliphatic rings. The van der Waals surface area contributed by atoms with Gasteiger partial charge in [0, 0.05) is 51.3 Å². The Labute approximate surface area is 193 Å². The van der Waals surface area contributed by atoms with Gasteiger partial charge in [-0.05, 0) is 45.6 Å². The molecule has 2 unspecified atom stereocenters. The number of rotatable bonds is 8. The summed E-state index contributed by atoms with van der Waals surface area (Å²) in [7, 11) is 1.76. The topological polar surface area (TPSA) is 69.2 Å². The Morgan fingerprint density at radius 1 is 1.14 bits per heavy atom. The lowest BCUT2D eigenvalue weighted by Crippen LogP contribution is -2.46. The number of likely N-dealkylation sites (tertiary alicyclic amines) is 2. The number of guanidine groups is 1. The highest BCUT2D eigenvalue weighted by atomic mass is 127. The van der Waals surface area contributed by atoms with E-state index in [-0.39, 0.29) is 29.9 Å². The molecule has 2 heterocycles. The second-order valence-corrected chi connectivity index (χ2v) is 8.44. The van der Waals surface area contributed by atoms with Crippen molar-refractivity contribution in [2.75, 3.05) is 53.0 Å². The molecule has 0 spiro atoms. The summed E-state index contributed by atoms with van der Waals surface area (Å²) in [5.74, 6) is 1.55. The summed E-state index contributed by atoms with van der Waals surface area (Å²) in [4.78, 5) is 22.1. The predicted molar refractivity (Wildman–Crippen MR) is 128 cm³/mol. The summed E-state index contributed by atoms with van der Waals surface area (Å²) < 4.78 is 5.24. The third kappa shape index (κ3) is 7.24. The summed E-state index contributed by atoms with van der Waals surface area (Å²) in [6.45, 7) is 8.37. The molecule has 2 N–H and O–H groups in total. The Morgan fingerprint density at radius 2 is 1.93 bits per heavy atom. The number of halogens is 1. The molecular formula is C21H40IN5O2. The number of hydrogen-bond donors (Lipinski definition) is 2. The van der Waals surface area contributed by atoms with Gasteiger partial charge in [0.25, 0.3) is 0 Å². The van der Waals surface area contributed by atoms with E-state index in [1.54, 1.807) is 7.11 Å². The quantitative estimate of drug-likeness (QED) is 0.291. The van der Waals surface area contributed by atoms with Crippen LogP contribution in [-0.4, -0.2) is 86.7 Å². The highest BCUT2D eigenvalue weighted by molar-refractivity contribution is 14.0. The van der Waals surface area contributed by atoms with E-state index in [1.165, 1.54) is 25.7 Å². The van der Waals surface area contributed by atoms with Crippen molar-refractivity contribution in [2.45, 2.75) is 64.0 Å². The van der Waals surface area contributed by atoms with Crippen molar-refractivity contribution in [3.05, 3.63) is 0 Å². The normalized spacial score (nSPS) is 26.0. The Hall–Kier alpha value is -0.610. The van der Waals surface area contributed by atoms with Crippen molar-refractivity contribution in [3.63, 3.8) is 0 Å². The van der Waals surface area contributed by atoms with E-state index < -0.39 is 0 Å². The summed E-state index contributed by atoms with van der Waals surface area (Å²) in [6.07, 6.45) is 8.05.